The van der Waals surface area contributed by atoms with E-state index in [9.17, 15) is 9.18 Å². The van der Waals surface area contributed by atoms with Gasteiger partial charge in [0.15, 0.2) is 6.29 Å². The Morgan fingerprint density at radius 2 is 1.83 bits per heavy atom. The van der Waals surface area contributed by atoms with Gasteiger partial charge in [-0.3, -0.25) is 4.79 Å². The molecule has 1 saturated heterocycles. The average Bonchev–Trinajstić information content (AvgIpc) is 2.36. The van der Waals surface area contributed by atoms with E-state index < -0.39 is 37.3 Å². The number of carbonyl (C=O) groups is 1. The zero-order valence-corrected chi connectivity index (χ0v) is 11.0. The third-order valence-electron chi connectivity index (χ3n) is 2.94. The largest absolute Gasteiger partial charge is 0.376 e. The van der Waals surface area contributed by atoms with Gasteiger partial charge in [0.05, 0.1) is 0 Å². The molecule has 1 aliphatic heterocycles. The van der Waals surface area contributed by atoms with Crippen LogP contribution in [-0.2, 0) is 23.7 Å². The number of hydrogen-bond acceptors (Lipinski definition) is 5. The van der Waals surface area contributed by atoms with E-state index in [1.54, 1.807) is 0 Å². The number of amides is 1. The number of methoxy groups -OCH3 is 3. The van der Waals surface area contributed by atoms with Gasteiger partial charge in [0.2, 0.25) is 5.91 Å². The van der Waals surface area contributed by atoms with Gasteiger partial charge >= 0.3 is 0 Å². The maximum atomic E-state index is 12.9. The molecule has 0 radical (unpaired) electrons. The summed E-state index contributed by atoms with van der Waals surface area (Å²) in [6, 6.07) is -0.551. The third kappa shape index (κ3) is 3.17. The molecule has 0 saturated carbocycles. The molecule has 1 rings (SSSR count). The molecule has 1 fully saturated rings. The molecule has 5 atom stereocenters. The summed E-state index contributed by atoms with van der Waals surface area (Å²) in [5.41, 5.74) is 0. The van der Waals surface area contributed by atoms with Crippen molar-refractivity contribution in [2.24, 2.45) is 0 Å². The van der Waals surface area contributed by atoms with Crippen molar-refractivity contribution < 1.29 is 28.1 Å². The highest BCUT2D eigenvalue weighted by Gasteiger charge is 2.47. The number of alkyl halides is 1. The Kier molecular flexibility index (Phi) is 5.94. The number of rotatable bonds is 5. The van der Waals surface area contributed by atoms with Crippen molar-refractivity contribution in [1.82, 2.24) is 5.32 Å². The second-order valence-corrected chi connectivity index (χ2v) is 4.06. The molecule has 0 aromatic heterocycles. The molecule has 6 nitrogen and oxygen atoms in total. The average molecular weight is 265 g/mol. The van der Waals surface area contributed by atoms with Crippen molar-refractivity contribution in [3.8, 4) is 0 Å². The molecule has 1 N–H and O–H groups in total. The van der Waals surface area contributed by atoms with Crippen LogP contribution in [0.4, 0.5) is 4.39 Å². The summed E-state index contributed by atoms with van der Waals surface area (Å²) in [6.07, 6.45) is -2.71. The first kappa shape index (κ1) is 15.3. The van der Waals surface area contributed by atoms with Gasteiger partial charge in [-0.2, -0.15) is 0 Å². The van der Waals surface area contributed by atoms with E-state index in [0.717, 1.165) is 0 Å². The standard InChI is InChI=1S/C11H20FNO5/c1-6(14)13-8-10(16-3)9(15-2)7(5-12)18-11(8)17-4/h7-11H,5H2,1-4H3,(H,13,14). The molecule has 18 heavy (non-hydrogen) atoms. The van der Waals surface area contributed by atoms with Gasteiger partial charge in [0.1, 0.15) is 31.0 Å². The predicted octanol–water partition coefficient (Wildman–Crippen LogP) is -0.138. The van der Waals surface area contributed by atoms with Gasteiger partial charge in [-0.25, -0.2) is 4.39 Å². The van der Waals surface area contributed by atoms with E-state index in [2.05, 4.69) is 5.32 Å². The van der Waals surface area contributed by atoms with Crippen LogP contribution >= 0.6 is 0 Å². The fraction of sp³-hybridized carbons (Fsp3) is 0.909. The molecule has 0 aliphatic carbocycles. The summed E-state index contributed by atoms with van der Waals surface area (Å²) in [4.78, 5) is 11.2. The normalized spacial score (nSPS) is 36.4. The quantitative estimate of drug-likeness (QED) is 0.749. The Bertz CT molecular complexity index is 278. The second-order valence-electron chi connectivity index (χ2n) is 4.06. The first-order chi connectivity index (χ1) is 8.58. The Labute approximate surface area is 106 Å². The monoisotopic (exact) mass is 265 g/mol. The van der Waals surface area contributed by atoms with Gasteiger partial charge in [-0.15, -0.1) is 0 Å². The van der Waals surface area contributed by atoms with Crippen LogP contribution in [0.5, 0.6) is 0 Å². The van der Waals surface area contributed by atoms with Crippen LogP contribution in [0.15, 0.2) is 0 Å². The van der Waals surface area contributed by atoms with E-state index in [4.69, 9.17) is 18.9 Å². The van der Waals surface area contributed by atoms with Gasteiger partial charge in [0, 0.05) is 28.3 Å². The minimum atomic E-state index is -0.782. The highest BCUT2D eigenvalue weighted by Crippen LogP contribution is 2.26. The summed E-state index contributed by atoms with van der Waals surface area (Å²) in [5, 5.41) is 2.68. The number of hydrogen-bond donors (Lipinski definition) is 1. The van der Waals surface area contributed by atoms with Crippen molar-refractivity contribution in [2.75, 3.05) is 28.0 Å². The zero-order valence-electron chi connectivity index (χ0n) is 11.0. The first-order valence-electron chi connectivity index (χ1n) is 5.65. The number of nitrogens with one attached hydrogen (secondary N) is 1. The lowest BCUT2D eigenvalue weighted by molar-refractivity contribution is -0.267. The van der Waals surface area contributed by atoms with Crippen molar-refractivity contribution in [2.45, 2.75) is 37.6 Å². The van der Waals surface area contributed by atoms with Crippen LogP contribution in [0.1, 0.15) is 6.92 Å². The number of ether oxygens (including phenoxy) is 4. The topological polar surface area (TPSA) is 66.0 Å². The predicted molar refractivity (Wildman–Crippen MR) is 60.8 cm³/mol. The van der Waals surface area contributed by atoms with Crippen LogP contribution in [0, 0.1) is 0 Å². The molecule has 0 spiro atoms. The molecule has 5 unspecified atom stereocenters. The Morgan fingerprint density at radius 1 is 1.22 bits per heavy atom. The van der Waals surface area contributed by atoms with E-state index >= 15 is 0 Å². The molecule has 1 amide bonds. The molecule has 1 aliphatic rings. The summed E-state index contributed by atoms with van der Waals surface area (Å²) in [5.74, 6) is -0.249. The van der Waals surface area contributed by atoms with Gasteiger partial charge < -0.3 is 24.3 Å². The van der Waals surface area contributed by atoms with Crippen molar-refractivity contribution in [1.29, 1.82) is 0 Å². The maximum absolute atomic E-state index is 12.9. The lowest BCUT2D eigenvalue weighted by atomic mass is 9.96. The Morgan fingerprint density at radius 3 is 2.22 bits per heavy atom. The molecule has 0 bridgehead atoms. The maximum Gasteiger partial charge on any atom is 0.217 e. The van der Waals surface area contributed by atoms with Crippen molar-refractivity contribution in [3.05, 3.63) is 0 Å². The van der Waals surface area contributed by atoms with E-state index in [-0.39, 0.29) is 5.91 Å². The van der Waals surface area contributed by atoms with Gasteiger partial charge in [-0.1, -0.05) is 0 Å². The molecular formula is C11H20FNO5. The molecular weight excluding hydrogens is 245 g/mol. The van der Waals surface area contributed by atoms with Crippen molar-refractivity contribution >= 4 is 5.91 Å². The Balaban J connectivity index is 2.92. The fourth-order valence-corrected chi connectivity index (χ4v) is 2.18. The van der Waals surface area contributed by atoms with E-state index in [1.165, 1.54) is 28.3 Å². The van der Waals surface area contributed by atoms with Crippen LogP contribution in [-0.4, -0.2) is 64.6 Å². The van der Waals surface area contributed by atoms with Gasteiger partial charge in [-0.05, 0) is 0 Å². The lowest BCUT2D eigenvalue weighted by Gasteiger charge is -2.44. The fourth-order valence-electron chi connectivity index (χ4n) is 2.18. The summed E-state index contributed by atoms with van der Waals surface area (Å²) in [6.45, 7) is 0.660. The first-order valence-corrected chi connectivity index (χ1v) is 5.65. The van der Waals surface area contributed by atoms with E-state index in [0.29, 0.717) is 0 Å². The SMILES string of the molecule is COC1OC(CF)C(OC)C(OC)C1NC(C)=O. The molecule has 0 aromatic rings. The molecule has 1 heterocycles. The molecule has 0 aromatic carbocycles. The van der Waals surface area contributed by atoms with E-state index in [1.807, 2.05) is 0 Å². The highest BCUT2D eigenvalue weighted by molar-refractivity contribution is 5.73. The van der Waals surface area contributed by atoms with Gasteiger partial charge in [0.25, 0.3) is 0 Å². The molecule has 7 heteroatoms. The van der Waals surface area contributed by atoms with Crippen LogP contribution in [0.3, 0.4) is 0 Å². The minimum Gasteiger partial charge on any atom is -0.376 e. The smallest absolute Gasteiger partial charge is 0.217 e. The van der Waals surface area contributed by atoms with Crippen LogP contribution < -0.4 is 5.32 Å². The summed E-state index contributed by atoms with van der Waals surface area (Å²) < 4.78 is 34.0. The summed E-state index contributed by atoms with van der Waals surface area (Å²) >= 11 is 0. The lowest BCUT2D eigenvalue weighted by Crippen LogP contribution is -2.65. The number of carbonyl (C=O) groups excluding carboxylic acids is 1. The second kappa shape index (κ2) is 6.98. The van der Waals surface area contributed by atoms with Crippen molar-refractivity contribution in [3.63, 3.8) is 0 Å². The van der Waals surface area contributed by atoms with Crippen LogP contribution in [0.25, 0.3) is 0 Å². The minimum absolute atomic E-state index is 0.249. The Hall–Kier alpha value is -0.760. The zero-order chi connectivity index (χ0) is 13.7. The number of halogens is 1. The van der Waals surface area contributed by atoms with Crippen LogP contribution in [0.2, 0.25) is 0 Å². The summed E-state index contributed by atoms with van der Waals surface area (Å²) in [7, 11) is 4.34. The molecule has 106 valence electrons. The highest BCUT2D eigenvalue weighted by atomic mass is 19.1. The third-order valence-corrected chi connectivity index (χ3v) is 2.94.